The van der Waals surface area contributed by atoms with Crippen LogP contribution >= 0.6 is 23.2 Å². The van der Waals surface area contributed by atoms with Crippen molar-refractivity contribution < 1.29 is 0 Å². The molecule has 5 heteroatoms. The van der Waals surface area contributed by atoms with E-state index in [-0.39, 0.29) is 11.4 Å². The van der Waals surface area contributed by atoms with E-state index in [9.17, 15) is 5.26 Å². The number of rotatable bonds is 2. The number of nitrogen functional groups attached to an aromatic ring is 1. The third-order valence-corrected chi connectivity index (χ3v) is 4.29. The van der Waals surface area contributed by atoms with E-state index in [0.717, 1.165) is 5.56 Å². The number of halogens is 2. The molecule has 0 aliphatic rings. The van der Waals surface area contributed by atoms with Crippen molar-refractivity contribution in [2.45, 2.75) is 0 Å². The molecule has 2 aromatic carbocycles. The number of nitriles is 1. The molecule has 0 amide bonds. The molecule has 1 heterocycles. The van der Waals surface area contributed by atoms with Crippen LogP contribution in [0.2, 0.25) is 10.0 Å². The van der Waals surface area contributed by atoms with Crippen LogP contribution in [0, 0.1) is 11.3 Å². The van der Waals surface area contributed by atoms with E-state index in [0.29, 0.717) is 26.9 Å². The molecule has 0 saturated heterocycles. The van der Waals surface area contributed by atoms with Gasteiger partial charge in [-0.3, -0.25) is 0 Å². The number of hydrogen-bond acceptors (Lipinski definition) is 3. The summed E-state index contributed by atoms with van der Waals surface area (Å²) in [5.74, 6) is 0.167. The van der Waals surface area contributed by atoms with Crippen LogP contribution < -0.4 is 5.73 Å². The molecule has 23 heavy (non-hydrogen) atoms. The zero-order valence-electron chi connectivity index (χ0n) is 11.9. The monoisotopic (exact) mass is 339 g/mol. The zero-order chi connectivity index (χ0) is 16.4. The highest BCUT2D eigenvalue weighted by Gasteiger charge is 2.16. The first-order valence-corrected chi connectivity index (χ1v) is 7.58. The first-order chi connectivity index (χ1) is 11.1. The van der Waals surface area contributed by atoms with Crippen LogP contribution in [0.1, 0.15) is 5.56 Å². The average Bonchev–Trinajstić information content (AvgIpc) is 2.57. The van der Waals surface area contributed by atoms with Gasteiger partial charge in [-0.1, -0.05) is 65.7 Å². The predicted molar refractivity (Wildman–Crippen MR) is 94.3 cm³/mol. The lowest BCUT2D eigenvalue weighted by atomic mass is 9.98. The minimum Gasteiger partial charge on any atom is -0.383 e. The highest BCUT2D eigenvalue weighted by atomic mass is 35.5. The van der Waals surface area contributed by atoms with E-state index in [2.05, 4.69) is 11.1 Å². The number of hydrogen-bond donors (Lipinski definition) is 1. The number of nitrogens with two attached hydrogens (primary N) is 1. The largest absolute Gasteiger partial charge is 0.383 e. The molecule has 3 nitrogen and oxygen atoms in total. The molecule has 1 aromatic heterocycles. The van der Waals surface area contributed by atoms with Gasteiger partial charge < -0.3 is 5.73 Å². The summed E-state index contributed by atoms with van der Waals surface area (Å²) in [5, 5.41) is 10.2. The van der Waals surface area contributed by atoms with E-state index >= 15 is 0 Å². The van der Waals surface area contributed by atoms with Gasteiger partial charge in [0.2, 0.25) is 0 Å². The average molecular weight is 340 g/mol. The van der Waals surface area contributed by atoms with E-state index in [4.69, 9.17) is 28.9 Å². The van der Waals surface area contributed by atoms with Gasteiger partial charge in [0.1, 0.15) is 17.5 Å². The van der Waals surface area contributed by atoms with E-state index in [1.165, 1.54) is 0 Å². The van der Waals surface area contributed by atoms with Gasteiger partial charge in [-0.25, -0.2) is 4.98 Å². The maximum atomic E-state index is 9.44. The Morgan fingerprint density at radius 2 is 1.70 bits per heavy atom. The maximum absolute atomic E-state index is 9.44. The minimum atomic E-state index is 0.167. The van der Waals surface area contributed by atoms with Crippen LogP contribution in [0.25, 0.3) is 22.4 Å². The lowest BCUT2D eigenvalue weighted by Crippen LogP contribution is -2.00. The van der Waals surface area contributed by atoms with Crippen molar-refractivity contribution >= 4 is 29.0 Å². The molecule has 0 saturated carbocycles. The highest BCUT2D eigenvalue weighted by Crippen LogP contribution is 2.37. The Kier molecular flexibility index (Phi) is 4.20. The van der Waals surface area contributed by atoms with Crippen molar-refractivity contribution in [2.24, 2.45) is 0 Å². The molecule has 112 valence electrons. The zero-order valence-corrected chi connectivity index (χ0v) is 13.4. The Morgan fingerprint density at radius 3 is 2.39 bits per heavy atom. The Balaban J connectivity index is 2.29. The highest BCUT2D eigenvalue weighted by molar-refractivity contribution is 6.43. The van der Waals surface area contributed by atoms with Crippen molar-refractivity contribution in [1.82, 2.24) is 4.98 Å². The summed E-state index contributed by atoms with van der Waals surface area (Å²) >= 11 is 12.4. The van der Waals surface area contributed by atoms with Crippen LogP contribution in [0.4, 0.5) is 5.82 Å². The first-order valence-electron chi connectivity index (χ1n) is 6.82. The Labute approximate surface area is 143 Å². The van der Waals surface area contributed by atoms with Gasteiger partial charge >= 0.3 is 0 Å². The molecular formula is C18H11Cl2N3. The molecule has 0 aliphatic carbocycles. The first kappa shape index (κ1) is 15.4. The molecule has 0 bridgehead atoms. The van der Waals surface area contributed by atoms with Crippen LogP contribution in [-0.2, 0) is 0 Å². The Morgan fingerprint density at radius 1 is 0.957 bits per heavy atom. The fourth-order valence-corrected chi connectivity index (χ4v) is 2.77. The summed E-state index contributed by atoms with van der Waals surface area (Å²) in [6.45, 7) is 0. The van der Waals surface area contributed by atoms with Crippen LogP contribution in [0.5, 0.6) is 0 Å². The molecule has 0 spiro atoms. The summed E-state index contributed by atoms with van der Waals surface area (Å²) in [7, 11) is 0. The van der Waals surface area contributed by atoms with Crippen molar-refractivity contribution in [1.29, 1.82) is 5.26 Å². The van der Waals surface area contributed by atoms with Gasteiger partial charge in [0.25, 0.3) is 0 Å². The molecule has 0 fully saturated rings. The van der Waals surface area contributed by atoms with Gasteiger partial charge in [-0.05, 0) is 12.1 Å². The van der Waals surface area contributed by atoms with Gasteiger partial charge in [0.05, 0.1) is 15.7 Å². The third kappa shape index (κ3) is 2.87. The summed E-state index contributed by atoms with van der Waals surface area (Å²) in [6.07, 6.45) is 0. The number of nitrogens with zero attached hydrogens (tertiary/aromatic N) is 2. The molecule has 0 aliphatic heterocycles. The number of benzene rings is 2. The summed E-state index contributed by atoms with van der Waals surface area (Å²) in [4.78, 5) is 4.33. The second-order valence-electron chi connectivity index (χ2n) is 4.89. The fraction of sp³-hybridized carbons (Fsp3) is 0. The quantitative estimate of drug-likeness (QED) is 0.699. The van der Waals surface area contributed by atoms with Crippen LogP contribution in [0.15, 0.2) is 54.6 Å². The van der Waals surface area contributed by atoms with Crippen molar-refractivity contribution in [3.63, 3.8) is 0 Å². The maximum Gasteiger partial charge on any atom is 0.142 e. The van der Waals surface area contributed by atoms with Crippen molar-refractivity contribution in [3.05, 3.63) is 70.2 Å². The second kappa shape index (κ2) is 6.29. The van der Waals surface area contributed by atoms with Gasteiger partial charge in [-0.2, -0.15) is 5.26 Å². The SMILES string of the molecule is N#Cc1c(-c2cccc(Cl)c2Cl)cc(-c2ccccc2)nc1N. The fourth-order valence-electron chi connectivity index (χ4n) is 2.36. The molecule has 0 atom stereocenters. The molecule has 3 aromatic rings. The van der Waals surface area contributed by atoms with Gasteiger partial charge in [0.15, 0.2) is 0 Å². The van der Waals surface area contributed by atoms with Crippen molar-refractivity contribution in [3.8, 4) is 28.5 Å². The Bertz CT molecular complexity index is 916. The third-order valence-electron chi connectivity index (χ3n) is 3.47. The standard InChI is InChI=1S/C18H11Cl2N3/c19-15-8-4-7-12(17(15)20)13-9-16(11-5-2-1-3-6-11)23-18(22)14(13)10-21/h1-9H,(H2,22,23). The number of anilines is 1. The van der Waals surface area contributed by atoms with E-state index < -0.39 is 0 Å². The Hall–Kier alpha value is -2.54. The molecule has 0 radical (unpaired) electrons. The second-order valence-corrected chi connectivity index (χ2v) is 5.68. The topological polar surface area (TPSA) is 62.7 Å². The molecule has 3 rings (SSSR count). The molecular weight excluding hydrogens is 329 g/mol. The van der Waals surface area contributed by atoms with Crippen LogP contribution in [-0.4, -0.2) is 4.98 Å². The molecule has 0 unspecified atom stereocenters. The minimum absolute atomic E-state index is 0.167. The summed E-state index contributed by atoms with van der Waals surface area (Å²) in [6, 6.07) is 18.8. The number of aromatic nitrogens is 1. The van der Waals surface area contributed by atoms with Gasteiger partial charge in [0, 0.05) is 16.7 Å². The summed E-state index contributed by atoms with van der Waals surface area (Å²) in [5.41, 5.74) is 9.12. The van der Waals surface area contributed by atoms with E-state index in [1.54, 1.807) is 18.2 Å². The summed E-state index contributed by atoms with van der Waals surface area (Å²) < 4.78 is 0. The van der Waals surface area contributed by atoms with Crippen LogP contribution in [0.3, 0.4) is 0 Å². The number of pyridine rings is 1. The predicted octanol–water partition coefficient (Wildman–Crippen LogP) is 5.18. The normalized spacial score (nSPS) is 10.3. The van der Waals surface area contributed by atoms with Crippen molar-refractivity contribution in [2.75, 3.05) is 5.73 Å². The van der Waals surface area contributed by atoms with E-state index in [1.807, 2.05) is 36.4 Å². The van der Waals surface area contributed by atoms with Gasteiger partial charge in [-0.15, -0.1) is 0 Å². The lowest BCUT2D eigenvalue weighted by Gasteiger charge is -2.12. The lowest BCUT2D eigenvalue weighted by molar-refractivity contribution is 1.31. The smallest absolute Gasteiger partial charge is 0.142 e. The molecule has 2 N–H and O–H groups in total.